The summed E-state index contributed by atoms with van der Waals surface area (Å²) in [4.78, 5) is 28.8. The molecule has 6 nitrogen and oxygen atoms in total. The average molecular weight is 379 g/mol. The lowest BCUT2D eigenvalue weighted by Crippen LogP contribution is -2.46. The van der Waals surface area contributed by atoms with Crippen molar-refractivity contribution in [2.24, 2.45) is 0 Å². The number of para-hydroxylation sites is 2. The van der Waals surface area contributed by atoms with Crippen LogP contribution in [0.1, 0.15) is 12.5 Å². The fourth-order valence-corrected chi connectivity index (χ4v) is 3.37. The molecule has 0 spiro atoms. The van der Waals surface area contributed by atoms with Crippen molar-refractivity contribution < 1.29 is 14.7 Å². The predicted octanol–water partition coefficient (Wildman–Crippen LogP) is 2.94. The van der Waals surface area contributed by atoms with E-state index in [4.69, 9.17) is 0 Å². The van der Waals surface area contributed by atoms with Gasteiger partial charge in [-0.15, -0.1) is 0 Å². The lowest BCUT2D eigenvalue weighted by Gasteiger charge is -2.36. The number of amides is 1. The second-order valence-electron chi connectivity index (χ2n) is 6.65. The molecule has 2 aromatic rings. The van der Waals surface area contributed by atoms with Crippen LogP contribution in [0, 0.1) is 0 Å². The molecule has 1 aliphatic heterocycles. The zero-order chi connectivity index (χ0) is 19.9. The Morgan fingerprint density at radius 2 is 1.64 bits per heavy atom. The predicted molar refractivity (Wildman–Crippen MR) is 111 cm³/mol. The van der Waals surface area contributed by atoms with Crippen LogP contribution in [0.4, 0.5) is 11.4 Å². The molecule has 3 rings (SSSR count). The maximum absolute atomic E-state index is 12.9. The van der Waals surface area contributed by atoms with Crippen molar-refractivity contribution in [2.75, 3.05) is 42.9 Å². The number of piperazine rings is 1. The van der Waals surface area contributed by atoms with Crippen molar-refractivity contribution in [2.45, 2.75) is 6.92 Å². The number of carbonyl (C=O) groups is 2. The molecular formula is C22H25N3O3. The molecule has 0 bridgehead atoms. The highest BCUT2D eigenvalue weighted by Gasteiger charge is 2.20. The molecule has 1 aliphatic rings. The normalized spacial score (nSPS) is 15.3. The summed E-state index contributed by atoms with van der Waals surface area (Å²) < 4.78 is 0. The van der Waals surface area contributed by atoms with Crippen LogP contribution < -0.4 is 10.2 Å². The van der Waals surface area contributed by atoms with Gasteiger partial charge in [0.1, 0.15) is 0 Å². The lowest BCUT2D eigenvalue weighted by atomic mass is 10.0. The number of benzene rings is 2. The molecular weight excluding hydrogens is 354 g/mol. The van der Waals surface area contributed by atoms with Crippen molar-refractivity contribution in [3.05, 3.63) is 66.2 Å². The zero-order valence-electron chi connectivity index (χ0n) is 16.0. The zero-order valence-corrected chi connectivity index (χ0v) is 16.0. The summed E-state index contributed by atoms with van der Waals surface area (Å²) in [7, 11) is 0. The Morgan fingerprint density at radius 1 is 1.00 bits per heavy atom. The summed E-state index contributed by atoms with van der Waals surface area (Å²) in [5, 5.41) is 12.1. The largest absolute Gasteiger partial charge is 0.478 e. The van der Waals surface area contributed by atoms with Gasteiger partial charge in [-0.2, -0.15) is 0 Å². The van der Waals surface area contributed by atoms with Crippen molar-refractivity contribution in [1.82, 2.24) is 4.90 Å². The molecule has 0 atom stereocenters. The molecule has 0 aliphatic carbocycles. The molecule has 0 unspecified atom stereocenters. The molecule has 0 aromatic heterocycles. The SMILES string of the molecule is CCN1CCN(c2ccccc2NC(=O)C(=CC(=O)O)c2ccccc2)CC1. The van der Waals surface area contributed by atoms with E-state index < -0.39 is 11.9 Å². The van der Waals surface area contributed by atoms with Gasteiger partial charge < -0.3 is 20.2 Å². The molecule has 1 heterocycles. The minimum atomic E-state index is -1.15. The number of carbonyl (C=O) groups excluding carboxylic acids is 1. The molecule has 2 N–H and O–H groups in total. The molecule has 6 heteroatoms. The number of hydrogen-bond acceptors (Lipinski definition) is 4. The number of carboxylic acids is 1. The quantitative estimate of drug-likeness (QED) is 0.755. The molecule has 28 heavy (non-hydrogen) atoms. The van der Waals surface area contributed by atoms with E-state index in [1.165, 1.54) is 0 Å². The summed E-state index contributed by atoms with van der Waals surface area (Å²) in [6.07, 6.45) is 0.952. The van der Waals surface area contributed by atoms with Gasteiger partial charge in [0.2, 0.25) is 0 Å². The topological polar surface area (TPSA) is 72.9 Å². The summed E-state index contributed by atoms with van der Waals surface area (Å²) in [5.74, 6) is -1.59. The summed E-state index contributed by atoms with van der Waals surface area (Å²) in [5.41, 5.74) is 2.33. The first-order chi connectivity index (χ1) is 13.6. The molecule has 1 saturated heterocycles. The number of nitrogens with one attached hydrogen (secondary N) is 1. The van der Waals surface area contributed by atoms with Crippen molar-refractivity contribution in [3.63, 3.8) is 0 Å². The molecule has 2 aromatic carbocycles. The van der Waals surface area contributed by atoms with Gasteiger partial charge in [0.25, 0.3) is 5.91 Å². The van der Waals surface area contributed by atoms with E-state index in [9.17, 15) is 14.7 Å². The highest BCUT2D eigenvalue weighted by Crippen LogP contribution is 2.28. The van der Waals surface area contributed by atoms with E-state index in [2.05, 4.69) is 22.0 Å². The fourth-order valence-electron chi connectivity index (χ4n) is 3.37. The average Bonchev–Trinajstić information content (AvgIpc) is 2.73. The Morgan fingerprint density at radius 3 is 2.29 bits per heavy atom. The first-order valence-electron chi connectivity index (χ1n) is 9.46. The Labute approximate surface area is 165 Å². The second-order valence-corrected chi connectivity index (χ2v) is 6.65. The van der Waals surface area contributed by atoms with Crippen LogP contribution in [0.3, 0.4) is 0 Å². The van der Waals surface area contributed by atoms with Crippen molar-refractivity contribution in [1.29, 1.82) is 0 Å². The van der Waals surface area contributed by atoms with Gasteiger partial charge in [0, 0.05) is 32.3 Å². The van der Waals surface area contributed by atoms with Gasteiger partial charge in [-0.05, 0) is 24.2 Å². The minimum absolute atomic E-state index is 0.124. The molecule has 1 fully saturated rings. The van der Waals surface area contributed by atoms with Crippen molar-refractivity contribution >= 4 is 28.8 Å². The van der Waals surface area contributed by atoms with E-state index >= 15 is 0 Å². The Bertz CT molecular complexity index is 856. The van der Waals surface area contributed by atoms with E-state index in [1.807, 2.05) is 30.3 Å². The van der Waals surface area contributed by atoms with E-state index in [1.54, 1.807) is 24.3 Å². The fraction of sp³-hybridized carbons (Fsp3) is 0.273. The molecule has 146 valence electrons. The van der Waals surface area contributed by atoms with E-state index in [-0.39, 0.29) is 5.57 Å². The lowest BCUT2D eigenvalue weighted by molar-refractivity contribution is -0.131. The number of hydrogen-bond donors (Lipinski definition) is 2. The third kappa shape index (κ3) is 4.78. The smallest absolute Gasteiger partial charge is 0.329 e. The number of carboxylic acid groups (broad SMARTS) is 1. The van der Waals surface area contributed by atoms with Gasteiger partial charge in [-0.3, -0.25) is 4.79 Å². The Hall–Kier alpha value is -3.12. The first-order valence-corrected chi connectivity index (χ1v) is 9.46. The van der Waals surface area contributed by atoms with Crippen LogP contribution in [0.15, 0.2) is 60.7 Å². The van der Waals surface area contributed by atoms with Gasteiger partial charge in [0.15, 0.2) is 0 Å². The van der Waals surface area contributed by atoms with Crippen LogP contribution in [0.2, 0.25) is 0 Å². The number of nitrogens with zero attached hydrogens (tertiary/aromatic N) is 2. The second kappa shape index (κ2) is 9.19. The van der Waals surface area contributed by atoms with Crippen LogP contribution in [-0.4, -0.2) is 54.6 Å². The number of aliphatic carboxylic acids is 1. The first kappa shape index (κ1) is 19.6. The van der Waals surface area contributed by atoms with Crippen molar-refractivity contribution in [3.8, 4) is 0 Å². The maximum atomic E-state index is 12.9. The third-order valence-electron chi connectivity index (χ3n) is 4.91. The van der Waals surface area contributed by atoms with Gasteiger partial charge >= 0.3 is 5.97 Å². The Balaban J connectivity index is 1.83. The standard InChI is InChI=1S/C22H25N3O3/c1-2-24-12-14-25(15-13-24)20-11-7-6-10-19(20)23-22(28)18(16-21(26)27)17-8-4-3-5-9-17/h3-11,16H,2,12-15H2,1H3,(H,23,28)(H,26,27). The molecule has 1 amide bonds. The van der Waals surface area contributed by atoms with E-state index in [0.717, 1.165) is 44.5 Å². The van der Waals surface area contributed by atoms with Crippen LogP contribution in [0.5, 0.6) is 0 Å². The van der Waals surface area contributed by atoms with Crippen LogP contribution in [-0.2, 0) is 9.59 Å². The van der Waals surface area contributed by atoms with Gasteiger partial charge in [-0.25, -0.2) is 4.79 Å². The number of likely N-dealkylation sites (N-methyl/N-ethyl adjacent to an activating group) is 1. The highest BCUT2D eigenvalue weighted by molar-refractivity contribution is 6.28. The van der Waals surface area contributed by atoms with E-state index in [0.29, 0.717) is 11.3 Å². The summed E-state index contributed by atoms with van der Waals surface area (Å²) in [6.45, 7) is 6.92. The van der Waals surface area contributed by atoms with Gasteiger partial charge in [-0.1, -0.05) is 49.4 Å². The maximum Gasteiger partial charge on any atom is 0.329 e. The number of rotatable bonds is 6. The molecule has 0 saturated carbocycles. The molecule has 0 radical (unpaired) electrons. The highest BCUT2D eigenvalue weighted by atomic mass is 16.4. The van der Waals surface area contributed by atoms with Crippen LogP contribution in [0.25, 0.3) is 5.57 Å². The summed E-state index contributed by atoms with van der Waals surface area (Å²) in [6, 6.07) is 16.5. The van der Waals surface area contributed by atoms with Gasteiger partial charge in [0.05, 0.1) is 16.9 Å². The number of anilines is 2. The minimum Gasteiger partial charge on any atom is -0.478 e. The summed E-state index contributed by atoms with van der Waals surface area (Å²) >= 11 is 0. The Kier molecular flexibility index (Phi) is 6.45. The third-order valence-corrected chi connectivity index (χ3v) is 4.91. The van der Waals surface area contributed by atoms with Crippen LogP contribution >= 0.6 is 0 Å². The monoisotopic (exact) mass is 379 g/mol.